The van der Waals surface area contributed by atoms with Crippen LogP contribution in [0.25, 0.3) is 0 Å². The summed E-state index contributed by atoms with van der Waals surface area (Å²) in [5.41, 5.74) is 1.04. The number of benzene rings is 1. The van der Waals surface area contributed by atoms with E-state index < -0.39 is 0 Å². The van der Waals surface area contributed by atoms with Crippen molar-refractivity contribution in [1.82, 2.24) is 10.2 Å². The molecule has 5 aliphatic rings. The maximum absolute atomic E-state index is 13.6. The van der Waals surface area contributed by atoms with E-state index in [9.17, 15) is 4.79 Å². The lowest BCUT2D eigenvalue weighted by molar-refractivity contribution is -0.146. The highest BCUT2D eigenvalue weighted by atomic mass is 16.5. The quantitative estimate of drug-likeness (QED) is 0.664. The third-order valence-corrected chi connectivity index (χ3v) is 8.33. The zero-order valence-corrected chi connectivity index (χ0v) is 19.6. The molecular formula is C26H38N2O4. The molecule has 4 aliphatic carbocycles. The summed E-state index contributed by atoms with van der Waals surface area (Å²) in [7, 11) is 1.68. The molecule has 1 aliphatic heterocycles. The molecule has 4 bridgehead atoms. The molecule has 1 unspecified atom stereocenters. The van der Waals surface area contributed by atoms with Crippen molar-refractivity contribution in [2.75, 3.05) is 46.6 Å². The average molecular weight is 443 g/mol. The summed E-state index contributed by atoms with van der Waals surface area (Å²) in [6.07, 6.45) is 7.37. The van der Waals surface area contributed by atoms with Crippen molar-refractivity contribution in [2.45, 2.75) is 51.5 Å². The minimum atomic E-state index is -0.110. The average Bonchev–Trinajstić information content (AvgIpc) is 2.80. The van der Waals surface area contributed by atoms with Crippen molar-refractivity contribution in [3.8, 4) is 11.5 Å². The number of hydrogen-bond acceptors (Lipinski definition) is 5. The Morgan fingerprint density at radius 1 is 1.12 bits per heavy atom. The first kappa shape index (κ1) is 22.0. The number of methoxy groups -OCH3 is 1. The van der Waals surface area contributed by atoms with Crippen LogP contribution in [-0.4, -0.2) is 57.4 Å². The minimum absolute atomic E-state index is 0.0985. The number of ether oxygens (including phenoxy) is 3. The van der Waals surface area contributed by atoms with Gasteiger partial charge in [-0.05, 0) is 80.9 Å². The van der Waals surface area contributed by atoms with Gasteiger partial charge in [0, 0.05) is 25.0 Å². The first-order chi connectivity index (χ1) is 15.6. The van der Waals surface area contributed by atoms with Gasteiger partial charge in [0.1, 0.15) is 0 Å². The Balaban J connectivity index is 1.33. The first-order valence-electron chi connectivity index (χ1n) is 12.5. The van der Waals surface area contributed by atoms with Crippen LogP contribution in [0.1, 0.15) is 57.1 Å². The summed E-state index contributed by atoms with van der Waals surface area (Å²) in [5, 5.41) is 3.42. The lowest BCUT2D eigenvalue weighted by Crippen LogP contribution is -2.54. The molecular weight excluding hydrogens is 404 g/mol. The highest BCUT2D eigenvalue weighted by Crippen LogP contribution is 2.60. The van der Waals surface area contributed by atoms with Crippen molar-refractivity contribution < 1.29 is 19.0 Å². The molecule has 6 nitrogen and oxygen atoms in total. The number of amides is 1. The molecule has 1 saturated heterocycles. The van der Waals surface area contributed by atoms with E-state index in [4.69, 9.17) is 14.2 Å². The monoisotopic (exact) mass is 442 g/mol. The molecule has 6 rings (SSSR count). The van der Waals surface area contributed by atoms with Crippen molar-refractivity contribution in [2.24, 2.45) is 23.2 Å². The van der Waals surface area contributed by atoms with Crippen LogP contribution >= 0.6 is 0 Å². The summed E-state index contributed by atoms with van der Waals surface area (Å²) in [5.74, 6) is 4.13. The summed E-state index contributed by atoms with van der Waals surface area (Å²) < 4.78 is 16.9. The molecule has 1 heterocycles. The van der Waals surface area contributed by atoms with E-state index in [-0.39, 0.29) is 11.5 Å². The predicted molar refractivity (Wildman–Crippen MR) is 123 cm³/mol. The fourth-order valence-corrected chi connectivity index (χ4v) is 7.28. The number of carbonyl (C=O) groups is 1. The molecule has 0 spiro atoms. The number of morpholine rings is 1. The molecule has 1 aromatic rings. The van der Waals surface area contributed by atoms with Crippen LogP contribution in [0, 0.1) is 23.2 Å². The Labute approximate surface area is 192 Å². The normalized spacial score (nSPS) is 32.5. The number of hydrogen-bond donors (Lipinski definition) is 1. The fourth-order valence-electron chi connectivity index (χ4n) is 7.28. The Morgan fingerprint density at radius 3 is 2.38 bits per heavy atom. The Kier molecular flexibility index (Phi) is 6.35. The van der Waals surface area contributed by atoms with Gasteiger partial charge in [-0.1, -0.05) is 6.07 Å². The molecule has 4 saturated carbocycles. The van der Waals surface area contributed by atoms with Gasteiger partial charge in [0.2, 0.25) is 5.91 Å². The number of nitrogens with one attached hydrogen (secondary N) is 1. The first-order valence-corrected chi connectivity index (χ1v) is 12.5. The van der Waals surface area contributed by atoms with Crippen LogP contribution in [0.15, 0.2) is 18.2 Å². The molecule has 5 fully saturated rings. The maximum Gasteiger partial charge on any atom is 0.226 e. The highest BCUT2D eigenvalue weighted by molar-refractivity contribution is 5.83. The molecule has 0 aromatic heterocycles. The predicted octanol–water partition coefficient (Wildman–Crippen LogP) is 3.80. The van der Waals surface area contributed by atoms with Crippen molar-refractivity contribution in [1.29, 1.82) is 0 Å². The standard InChI is InChI=1S/C26H38N2O4/c1-3-32-23-5-4-21(13-24(23)30-2)22(28-6-8-31-9-7-28)17-27-25(29)26-14-18-10-19(15-26)12-20(11-18)16-26/h4-5,13,18-20,22H,3,6-12,14-17H2,1-2H3,(H,27,29). The Hall–Kier alpha value is -1.79. The minimum Gasteiger partial charge on any atom is -0.493 e. The highest BCUT2D eigenvalue weighted by Gasteiger charge is 2.54. The van der Waals surface area contributed by atoms with Crippen molar-refractivity contribution in [3.05, 3.63) is 23.8 Å². The molecule has 6 heteroatoms. The fraction of sp³-hybridized carbons (Fsp3) is 0.731. The van der Waals surface area contributed by atoms with E-state index in [2.05, 4.69) is 22.3 Å². The van der Waals surface area contributed by atoms with Gasteiger partial charge in [0.15, 0.2) is 11.5 Å². The number of nitrogens with zero attached hydrogens (tertiary/aromatic N) is 1. The van der Waals surface area contributed by atoms with Crippen molar-refractivity contribution in [3.63, 3.8) is 0 Å². The van der Waals surface area contributed by atoms with Gasteiger partial charge in [-0.15, -0.1) is 0 Å². The second kappa shape index (κ2) is 9.22. The second-order valence-corrected chi connectivity index (χ2v) is 10.4. The molecule has 1 atom stereocenters. The maximum atomic E-state index is 13.6. The third kappa shape index (κ3) is 4.24. The van der Waals surface area contributed by atoms with E-state index >= 15 is 0 Å². The molecule has 0 radical (unpaired) electrons. The van der Waals surface area contributed by atoms with E-state index in [1.54, 1.807) is 7.11 Å². The van der Waals surface area contributed by atoms with E-state index in [1.807, 2.05) is 13.0 Å². The van der Waals surface area contributed by atoms with Gasteiger partial charge < -0.3 is 19.5 Å². The lowest BCUT2D eigenvalue weighted by atomic mass is 9.49. The smallest absolute Gasteiger partial charge is 0.226 e. The van der Waals surface area contributed by atoms with Crippen LogP contribution in [0.5, 0.6) is 11.5 Å². The number of carbonyl (C=O) groups excluding carboxylic acids is 1. The van der Waals surface area contributed by atoms with Crippen LogP contribution < -0.4 is 14.8 Å². The zero-order chi connectivity index (χ0) is 22.1. The van der Waals surface area contributed by atoms with Gasteiger partial charge in [0.05, 0.1) is 33.0 Å². The van der Waals surface area contributed by atoms with Gasteiger partial charge in [-0.3, -0.25) is 9.69 Å². The van der Waals surface area contributed by atoms with Crippen LogP contribution in [-0.2, 0) is 9.53 Å². The zero-order valence-electron chi connectivity index (χ0n) is 19.6. The van der Waals surface area contributed by atoms with E-state index in [0.29, 0.717) is 19.1 Å². The summed E-state index contributed by atoms with van der Waals surface area (Å²) in [6.45, 7) is 6.40. The summed E-state index contributed by atoms with van der Waals surface area (Å²) in [6, 6.07) is 6.28. The number of rotatable bonds is 8. The van der Waals surface area contributed by atoms with Crippen LogP contribution in [0.3, 0.4) is 0 Å². The van der Waals surface area contributed by atoms with Gasteiger partial charge in [0.25, 0.3) is 0 Å². The van der Waals surface area contributed by atoms with Gasteiger partial charge >= 0.3 is 0 Å². The Bertz CT molecular complexity index is 785. The van der Waals surface area contributed by atoms with Gasteiger partial charge in [-0.25, -0.2) is 0 Å². The summed E-state index contributed by atoms with van der Waals surface area (Å²) in [4.78, 5) is 16.0. The van der Waals surface area contributed by atoms with Crippen LogP contribution in [0.2, 0.25) is 0 Å². The molecule has 1 N–H and O–H groups in total. The van der Waals surface area contributed by atoms with Gasteiger partial charge in [-0.2, -0.15) is 0 Å². The molecule has 1 amide bonds. The van der Waals surface area contributed by atoms with Crippen LogP contribution in [0.4, 0.5) is 0 Å². The summed E-state index contributed by atoms with van der Waals surface area (Å²) >= 11 is 0. The topological polar surface area (TPSA) is 60.0 Å². The molecule has 1 aromatic carbocycles. The van der Waals surface area contributed by atoms with E-state index in [0.717, 1.165) is 80.4 Å². The SMILES string of the molecule is CCOc1ccc(C(CNC(=O)C23CC4CC(CC(C4)C2)C3)N2CCOCC2)cc1OC. The Morgan fingerprint density at radius 2 is 1.78 bits per heavy atom. The largest absolute Gasteiger partial charge is 0.493 e. The van der Waals surface area contributed by atoms with E-state index in [1.165, 1.54) is 19.3 Å². The lowest BCUT2D eigenvalue weighted by Gasteiger charge is -2.55. The second-order valence-electron chi connectivity index (χ2n) is 10.4. The van der Waals surface area contributed by atoms with Crippen molar-refractivity contribution >= 4 is 5.91 Å². The third-order valence-electron chi connectivity index (χ3n) is 8.33. The molecule has 176 valence electrons. The molecule has 32 heavy (non-hydrogen) atoms.